The lowest BCUT2D eigenvalue weighted by Crippen LogP contribution is -2.12. The molecule has 0 aromatic carbocycles. The average molecular weight is 191 g/mol. The molecule has 0 aliphatic heterocycles. The predicted molar refractivity (Wildman–Crippen MR) is 55.1 cm³/mol. The van der Waals surface area contributed by atoms with Crippen molar-refractivity contribution < 1.29 is 0 Å². The molecule has 2 aliphatic rings. The van der Waals surface area contributed by atoms with E-state index in [0.717, 1.165) is 5.92 Å². The molecule has 3 nitrogen and oxygen atoms in total. The monoisotopic (exact) mass is 191 g/mol. The van der Waals surface area contributed by atoms with Gasteiger partial charge in [-0.3, -0.25) is 4.68 Å². The summed E-state index contributed by atoms with van der Waals surface area (Å²) in [6.07, 6.45) is 5.21. The smallest absolute Gasteiger partial charge is 0.0659 e. The lowest BCUT2D eigenvalue weighted by atomic mass is 10.2. The van der Waals surface area contributed by atoms with Crippen molar-refractivity contribution in [3.8, 4) is 0 Å². The second-order valence-electron chi connectivity index (χ2n) is 4.73. The molecule has 3 rings (SSSR count). The van der Waals surface area contributed by atoms with Crippen LogP contribution in [0, 0.1) is 0 Å². The van der Waals surface area contributed by atoms with Gasteiger partial charge in [-0.05, 0) is 38.7 Å². The fraction of sp³-hybridized carbons (Fsp3) is 0.727. The van der Waals surface area contributed by atoms with Crippen molar-refractivity contribution in [2.24, 2.45) is 5.73 Å². The Labute approximate surface area is 84.3 Å². The van der Waals surface area contributed by atoms with E-state index < -0.39 is 0 Å². The molecular formula is C11H17N3. The lowest BCUT2D eigenvalue weighted by Gasteiger charge is -2.07. The van der Waals surface area contributed by atoms with E-state index in [1.165, 1.54) is 37.1 Å². The van der Waals surface area contributed by atoms with Crippen LogP contribution in [0.15, 0.2) is 6.07 Å². The Bertz CT molecular complexity index is 326. The van der Waals surface area contributed by atoms with Crippen LogP contribution in [0.3, 0.4) is 0 Å². The maximum absolute atomic E-state index is 5.95. The Morgan fingerprint density at radius 3 is 2.64 bits per heavy atom. The van der Waals surface area contributed by atoms with Crippen molar-refractivity contribution in [2.75, 3.05) is 0 Å². The Balaban J connectivity index is 1.97. The summed E-state index contributed by atoms with van der Waals surface area (Å²) in [5.74, 6) is 0.743. The van der Waals surface area contributed by atoms with Crippen LogP contribution in [-0.2, 0) is 0 Å². The van der Waals surface area contributed by atoms with Crippen LogP contribution in [0.25, 0.3) is 0 Å². The topological polar surface area (TPSA) is 43.8 Å². The van der Waals surface area contributed by atoms with E-state index in [1.54, 1.807) is 0 Å². The third kappa shape index (κ3) is 1.36. The first-order chi connectivity index (χ1) is 6.75. The maximum atomic E-state index is 5.95. The fourth-order valence-corrected chi connectivity index (χ4v) is 1.96. The highest BCUT2D eigenvalue weighted by molar-refractivity contribution is 5.21. The molecule has 2 fully saturated rings. The highest BCUT2D eigenvalue weighted by atomic mass is 15.3. The van der Waals surface area contributed by atoms with Crippen molar-refractivity contribution in [2.45, 2.75) is 50.6 Å². The van der Waals surface area contributed by atoms with Crippen molar-refractivity contribution in [1.82, 2.24) is 9.78 Å². The van der Waals surface area contributed by atoms with E-state index >= 15 is 0 Å². The van der Waals surface area contributed by atoms with Gasteiger partial charge in [-0.15, -0.1) is 0 Å². The molecule has 1 aromatic rings. The van der Waals surface area contributed by atoms with Crippen molar-refractivity contribution >= 4 is 0 Å². The van der Waals surface area contributed by atoms with Gasteiger partial charge in [0.15, 0.2) is 0 Å². The number of hydrogen-bond donors (Lipinski definition) is 1. The molecule has 0 amide bonds. The molecule has 0 bridgehead atoms. The lowest BCUT2D eigenvalue weighted by molar-refractivity contribution is 0.571. The van der Waals surface area contributed by atoms with Gasteiger partial charge < -0.3 is 5.73 Å². The SMILES string of the molecule is C[C@@H](N)c1cc(C2CC2)nn1C1CC1. The first kappa shape index (κ1) is 8.48. The van der Waals surface area contributed by atoms with Crippen molar-refractivity contribution in [1.29, 1.82) is 0 Å². The number of nitrogens with zero attached hydrogens (tertiary/aromatic N) is 2. The van der Waals surface area contributed by atoms with Gasteiger partial charge in [0, 0.05) is 12.0 Å². The Morgan fingerprint density at radius 1 is 1.43 bits per heavy atom. The highest BCUT2D eigenvalue weighted by Gasteiger charge is 2.32. The van der Waals surface area contributed by atoms with Crippen LogP contribution < -0.4 is 5.73 Å². The maximum Gasteiger partial charge on any atom is 0.0659 e. The van der Waals surface area contributed by atoms with Gasteiger partial charge in [-0.2, -0.15) is 5.10 Å². The van der Waals surface area contributed by atoms with Crippen molar-refractivity contribution in [3.05, 3.63) is 17.5 Å². The standard InChI is InChI=1S/C11H17N3/c1-7(12)11-6-10(8-2-3-8)13-14(11)9-4-5-9/h6-9H,2-5,12H2,1H3/t7-/m1/s1. The van der Waals surface area contributed by atoms with E-state index in [9.17, 15) is 0 Å². The minimum Gasteiger partial charge on any atom is -0.323 e. The first-order valence-corrected chi connectivity index (χ1v) is 5.60. The number of aromatic nitrogens is 2. The average Bonchev–Trinajstić information content (AvgIpc) is 3.03. The van der Waals surface area contributed by atoms with Gasteiger partial charge in [0.1, 0.15) is 0 Å². The van der Waals surface area contributed by atoms with Gasteiger partial charge in [0.2, 0.25) is 0 Å². The highest BCUT2D eigenvalue weighted by Crippen LogP contribution is 2.42. The van der Waals surface area contributed by atoms with Gasteiger partial charge in [-0.25, -0.2) is 0 Å². The number of rotatable bonds is 3. The molecule has 76 valence electrons. The molecule has 2 N–H and O–H groups in total. The third-order valence-corrected chi connectivity index (χ3v) is 3.14. The zero-order valence-corrected chi connectivity index (χ0v) is 8.61. The van der Waals surface area contributed by atoms with Crippen LogP contribution >= 0.6 is 0 Å². The van der Waals surface area contributed by atoms with Crippen LogP contribution in [0.2, 0.25) is 0 Å². The summed E-state index contributed by atoms with van der Waals surface area (Å²) < 4.78 is 2.18. The van der Waals surface area contributed by atoms with Gasteiger partial charge in [0.05, 0.1) is 17.4 Å². The Morgan fingerprint density at radius 2 is 2.14 bits per heavy atom. The molecule has 1 heterocycles. The normalized spacial score (nSPS) is 23.9. The van der Waals surface area contributed by atoms with Crippen LogP contribution in [0.5, 0.6) is 0 Å². The molecular weight excluding hydrogens is 174 g/mol. The van der Waals surface area contributed by atoms with E-state index in [1.807, 2.05) is 6.92 Å². The van der Waals surface area contributed by atoms with Gasteiger partial charge in [0.25, 0.3) is 0 Å². The predicted octanol–water partition coefficient (Wildman–Crippen LogP) is 2.12. The molecule has 0 radical (unpaired) electrons. The molecule has 1 atom stereocenters. The Hall–Kier alpha value is -0.830. The minimum atomic E-state index is 0.121. The summed E-state index contributed by atoms with van der Waals surface area (Å²) in [6, 6.07) is 3.00. The van der Waals surface area contributed by atoms with Gasteiger partial charge >= 0.3 is 0 Å². The van der Waals surface area contributed by atoms with Gasteiger partial charge in [-0.1, -0.05) is 0 Å². The van der Waals surface area contributed by atoms with E-state index in [2.05, 4.69) is 10.7 Å². The van der Waals surface area contributed by atoms with Crippen molar-refractivity contribution in [3.63, 3.8) is 0 Å². The third-order valence-electron chi connectivity index (χ3n) is 3.14. The van der Waals surface area contributed by atoms with E-state index in [-0.39, 0.29) is 6.04 Å². The summed E-state index contributed by atoms with van der Waals surface area (Å²) in [7, 11) is 0. The van der Waals surface area contributed by atoms with E-state index in [4.69, 9.17) is 10.8 Å². The molecule has 2 aliphatic carbocycles. The quantitative estimate of drug-likeness (QED) is 0.795. The molecule has 0 saturated heterocycles. The molecule has 0 unspecified atom stereocenters. The zero-order chi connectivity index (χ0) is 9.71. The second-order valence-corrected chi connectivity index (χ2v) is 4.73. The summed E-state index contributed by atoms with van der Waals surface area (Å²) in [5.41, 5.74) is 8.47. The summed E-state index contributed by atoms with van der Waals surface area (Å²) in [6.45, 7) is 2.05. The molecule has 2 saturated carbocycles. The first-order valence-electron chi connectivity index (χ1n) is 5.60. The van der Waals surface area contributed by atoms with Crippen LogP contribution in [-0.4, -0.2) is 9.78 Å². The number of nitrogens with two attached hydrogens (primary N) is 1. The Kier molecular flexibility index (Phi) is 1.71. The molecule has 3 heteroatoms. The van der Waals surface area contributed by atoms with Crippen LogP contribution in [0.1, 0.15) is 62.0 Å². The molecule has 14 heavy (non-hydrogen) atoms. The zero-order valence-electron chi connectivity index (χ0n) is 8.61. The fourth-order valence-electron chi connectivity index (χ4n) is 1.96. The number of hydrogen-bond acceptors (Lipinski definition) is 2. The second kappa shape index (κ2) is 2.83. The summed E-state index contributed by atoms with van der Waals surface area (Å²) in [5, 5.41) is 4.69. The largest absolute Gasteiger partial charge is 0.323 e. The molecule has 1 aromatic heterocycles. The minimum absolute atomic E-state index is 0.121. The van der Waals surface area contributed by atoms with E-state index in [0.29, 0.717) is 6.04 Å². The summed E-state index contributed by atoms with van der Waals surface area (Å²) >= 11 is 0. The summed E-state index contributed by atoms with van der Waals surface area (Å²) in [4.78, 5) is 0. The molecule has 0 spiro atoms. The van der Waals surface area contributed by atoms with Crippen LogP contribution in [0.4, 0.5) is 0 Å².